The fraction of sp³-hybridized carbons (Fsp3) is 0.379. The van der Waals surface area contributed by atoms with Gasteiger partial charge in [0.15, 0.2) is 5.78 Å². The lowest BCUT2D eigenvalue weighted by Gasteiger charge is -2.28. The molecule has 0 saturated carbocycles. The highest BCUT2D eigenvalue weighted by Gasteiger charge is 2.28. The molecule has 1 saturated heterocycles. The fourth-order valence-corrected chi connectivity index (χ4v) is 10.1. The van der Waals surface area contributed by atoms with E-state index in [0.29, 0.717) is 111 Å². The Morgan fingerprint density at radius 3 is 1.56 bits per heavy atom. The standard InChI is InChI=1S/C21H25N5O4.C19H21N3O3.C18H20N4O3/c1-14-16(20(29)24-21(22-14)25-8-10-30-11-9-25)6-7-19(28)26-12-15-4-2-3-5-17(15)23-18(27)13-26;1-3-16-15(19(25)21-12(2)20-16)8-9-18(24)22-11-14(23)10-13-6-4-5-7-17(13)22;1-11-14(18(25)20-12(2)19-11)7-8-17(24)22-9-13-5-3-4-6-15(13)21-16(23)10-22/h2-5H,6-13H2,1H3,(H,23,27)(H,22,24,29);4-7H,3,8-11H2,1-2H3,(H,20,21,25);3-6H,7-10H2,1-2H3,(H,21,23)(H,19,20,25). The number of para-hydroxylation sites is 3. The summed E-state index contributed by atoms with van der Waals surface area (Å²) in [4.78, 5) is 139. The Labute approximate surface area is 461 Å². The van der Waals surface area contributed by atoms with Gasteiger partial charge in [-0.3, -0.25) is 48.1 Å². The summed E-state index contributed by atoms with van der Waals surface area (Å²) in [6.07, 6.45) is 2.35. The molecule has 3 aromatic heterocycles. The monoisotopic (exact) mass is 1090 g/mol. The third-order valence-corrected chi connectivity index (χ3v) is 14.2. The predicted molar refractivity (Wildman–Crippen MR) is 299 cm³/mol. The Morgan fingerprint density at radius 1 is 0.537 bits per heavy atom. The molecular formula is C58H66N12O10. The first-order valence-electron chi connectivity index (χ1n) is 26.7. The first-order chi connectivity index (χ1) is 38.4. The number of aryl methyl sites for hydroxylation is 5. The number of ether oxygens (including phenoxy) is 1. The van der Waals surface area contributed by atoms with Crippen LogP contribution in [0.1, 0.15) is 88.3 Å². The molecule has 80 heavy (non-hydrogen) atoms. The Bertz CT molecular complexity index is 3510. The van der Waals surface area contributed by atoms with E-state index in [9.17, 15) is 43.2 Å². The van der Waals surface area contributed by atoms with Crippen LogP contribution in [0.5, 0.6) is 0 Å². The summed E-state index contributed by atoms with van der Waals surface area (Å²) in [6, 6.07) is 22.3. The number of nitrogens with one attached hydrogen (secondary N) is 5. The van der Waals surface area contributed by atoms with Crippen molar-refractivity contribution in [1.82, 2.24) is 39.7 Å². The number of carbonyl (C=O) groups is 6. The van der Waals surface area contributed by atoms with Crippen molar-refractivity contribution in [2.45, 2.75) is 99.1 Å². The van der Waals surface area contributed by atoms with Gasteiger partial charge >= 0.3 is 0 Å². The second-order valence-corrected chi connectivity index (χ2v) is 19.9. The zero-order valence-corrected chi connectivity index (χ0v) is 45.7. The van der Waals surface area contributed by atoms with Gasteiger partial charge in [0.05, 0.1) is 25.5 Å². The predicted octanol–water partition coefficient (Wildman–Crippen LogP) is 3.86. The topological polar surface area (TPSA) is 286 Å². The van der Waals surface area contributed by atoms with Gasteiger partial charge in [-0.15, -0.1) is 0 Å². The van der Waals surface area contributed by atoms with Crippen molar-refractivity contribution in [2.75, 3.05) is 66.4 Å². The van der Waals surface area contributed by atoms with Gasteiger partial charge in [-0.1, -0.05) is 61.5 Å². The number of hydrogen-bond acceptors (Lipinski definition) is 14. The Morgan fingerprint density at radius 2 is 1.01 bits per heavy atom. The number of aromatic amines is 3. The van der Waals surface area contributed by atoms with Crippen molar-refractivity contribution in [3.05, 3.63) is 166 Å². The van der Waals surface area contributed by atoms with E-state index in [2.05, 4.69) is 40.5 Å². The molecule has 6 aromatic rings. The summed E-state index contributed by atoms with van der Waals surface area (Å²) in [6.45, 7) is 12.3. The Kier molecular flexibility index (Phi) is 18.7. The molecular weight excluding hydrogens is 1020 g/mol. The van der Waals surface area contributed by atoms with Crippen LogP contribution in [0, 0.1) is 27.7 Å². The minimum absolute atomic E-state index is 0.00291. The number of anilines is 4. The van der Waals surface area contributed by atoms with Crippen molar-refractivity contribution in [2.24, 2.45) is 0 Å². The maximum absolute atomic E-state index is 12.8. The zero-order valence-electron chi connectivity index (χ0n) is 45.7. The number of aromatic nitrogens is 6. The number of hydrogen-bond donors (Lipinski definition) is 5. The van der Waals surface area contributed by atoms with Gasteiger partial charge in [-0.25, -0.2) is 15.0 Å². The number of amides is 5. The summed E-state index contributed by atoms with van der Waals surface area (Å²) >= 11 is 0. The minimum atomic E-state index is -0.226. The summed E-state index contributed by atoms with van der Waals surface area (Å²) in [7, 11) is 0. The van der Waals surface area contributed by atoms with Crippen LogP contribution < -0.4 is 37.1 Å². The first-order valence-corrected chi connectivity index (χ1v) is 26.7. The third kappa shape index (κ3) is 14.4. The van der Waals surface area contributed by atoms with E-state index < -0.39 is 0 Å². The maximum Gasteiger partial charge on any atom is 0.255 e. The van der Waals surface area contributed by atoms with E-state index in [1.165, 1.54) is 14.7 Å². The van der Waals surface area contributed by atoms with Crippen molar-refractivity contribution in [3.8, 4) is 0 Å². The van der Waals surface area contributed by atoms with E-state index in [4.69, 9.17) is 4.74 Å². The van der Waals surface area contributed by atoms with Crippen LogP contribution in [-0.2, 0) is 78.7 Å². The first kappa shape index (κ1) is 57.3. The van der Waals surface area contributed by atoms with Crippen molar-refractivity contribution >= 4 is 58.3 Å². The molecule has 418 valence electrons. The summed E-state index contributed by atoms with van der Waals surface area (Å²) < 4.78 is 5.33. The largest absolute Gasteiger partial charge is 0.378 e. The average molecular weight is 1090 g/mol. The Balaban J connectivity index is 0.000000159. The van der Waals surface area contributed by atoms with Crippen molar-refractivity contribution in [3.63, 3.8) is 0 Å². The highest BCUT2D eigenvalue weighted by Crippen LogP contribution is 2.27. The number of morpholine rings is 1. The second-order valence-electron chi connectivity index (χ2n) is 19.9. The van der Waals surface area contributed by atoms with Crippen LogP contribution in [0.3, 0.4) is 0 Å². The SMILES string of the molecule is CCc1nc(C)[nH]c(=O)c1CCC(=O)N1CC(=O)Cc2ccccc21.Cc1nc(C)c(CCC(=O)N2CC(=O)Nc3ccccc3C2)c(=O)[nH]1.Cc1nc(N2CCOCC2)[nH]c(=O)c1CCC(=O)N1CC(=O)Nc2ccccc2C1. The van der Waals surface area contributed by atoms with Gasteiger partial charge < -0.3 is 44.9 Å². The third-order valence-electron chi connectivity index (χ3n) is 14.2. The Hall–Kier alpha value is -8.92. The molecule has 5 N–H and O–H groups in total. The number of carbonyl (C=O) groups excluding carboxylic acids is 6. The van der Waals surface area contributed by atoms with Gasteiger partial charge in [0.25, 0.3) is 16.7 Å². The molecule has 0 bridgehead atoms. The van der Waals surface area contributed by atoms with Crippen LogP contribution in [-0.4, -0.2) is 121 Å². The molecule has 1 fully saturated rings. The van der Waals surface area contributed by atoms with Gasteiger partial charge in [0, 0.05) is 97.0 Å². The summed E-state index contributed by atoms with van der Waals surface area (Å²) in [5, 5.41) is 5.63. The molecule has 4 aliphatic heterocycles. The number of nitrogens with zero attached hydrogens (tertiary/aromatic N) is 7. The maximum atomic E-state index is 12.8. The number of rotatable bonds is 11. The smallest absolute Gasteiger partial charge is 0.255 e. The number of ketones is 1. The van der Waals surface area contributed by atoms with E-state index in [-0.39, 0.29) is 97.3 Å². The average Bonchev–Trinajstić information content (AvgIpc) is 3.72. The van der Waals surface area contributed by atoms with Gasteiger partial charge in [0.2, 0.25) is 35.5 Å². The van der Waals surface area contributed by atoms with Crippen LogP contribution in [0.25, 0.3) is 0 Å². The molecule has 0 atom stereocenters. The lowest BCUT2D eigenvalue weighted by Crippen LogP contribution is -2.40. The molecule has 0 radical (unpaired) electrons. The molecule has 22 nitrogen and oxygen atoms in total. The molecule has 4 aliphatic rings. The lowest BCUT2D eigenvalue weighted by molar-refractivity contribution is -0.135. The van der Waals surface area contributed by atoms with Crippen molar-refractivity contribution < 1.29 is 33.5 Å². The highest BCUT2D eigenvalue weighted by molar-refractivity contribution is 6.03. The lowest BCUT2D eigenvalue weighted by atomic mass is 10.00. The number of benzene rings is 3. The van der Waals surface area contributed by atoms with Gasteiger partial charge in [-0.05, 0) is 88.3 Å². The molecule has 7 heterocycles. The number of H-pyrrole nitrogens is 3. The summed E-state index contributed by atoms with van der Waals surface area (Å²) in [5.74, 6) is 0.772. The molecule has 0 unspecified atom stereocenters. The van der Waals surface area contributed by atoms with Crippen molar-refractivity contribution in [1.29, 1.82) is 0 Å². The molecule has 22 heteroatoms. The van der Waals surface area contributed by atoms with E-state index in [1.54, 1.807) is 27.7 Å². The molecule has 0 aliphatic carbocycles. The minimum Gasteiger partial charge on any atom is -0.378 e. The zero-order chi connectivity index (χ0) is 57.0. The van der Waals surface area contributed by atoms with Gasteiger partial charge in [-0.2, -0.15) is 0 Å². The quantitative estimate of drug-likeness (QED) is 0.123. The van der Waals surface area contributed by atoms with Gasteiger partial charge in [0.1, 0.15) is 24.7 Å². The second kappa shape index (κ2) is 26.2. The van der Waals surface area contributed by atoms with E-state index >= 15 is 0 Å². The molecule has 5 amide bonds. The van der Waals surface area contributed by atoms with Crippen LogP contribution >= 0.6 is 0 Å². The molecule has 0 spiro atoms. The van der Waals surface area contributed by atoms with Crippen LogP contribution in [0.2, 0.25) is 0 Å². The van der Waals surface area contributed by atoms with E-state index in [0.717, 1.165) is 39.4 Å². The van der Waals surface area contributed by atoms with Crippen LogP contribution in [0.4, 0.5) is 23.0 Å². The molecule has 3 aromatic carbocycles. The van der Waals surface area contributed by atoms with Crippen LogP contribution in [0.15, 0.2) is 87.2 Å². The normalized spacial score (nSPS) is 14.8. The summed E-state index contributed by atoms with van der Waals surface area (Å²) in [5.41, 5.74) is 7.83. The molecule has 10 rings (SSSR count). The van der Waals surface area contributed by atoms with E-state index in [1.807, 2.05) is 84.6 Å². The number of Topliss-reactive ketones (excluding diaryl/α,β-unsaturated/α-hetero) is 1. The number of fused-ring (bicyclic) bond motifs is 3. The fourth-order valence-electron chi connectivity index (χ4n) is 10.1. The highest BCUT2D eigenvalue weighted by atomic mass is 16.5.